The Morgan fingerprint density at radius 3 is 2.65 bits per heavy atom. The molecule has 0 radical (unpaired) electrons. The standard InChI is InChI=1S/C19H16Cl2N4O5S/c1-9-14(19(28)29-2)18(31-15(9)16(22)26)23-17(27)12-5-6-25(24-12)8-30-13-4-3-10(20)7-11(13)21/h3-7H,8H2,1-2H3,(H2,22,26)(H,23,27). The molecule has 31 heavy (non-hydrogen) atoms. The second-order valence-corrected chi connectivity index (χ2v) is 8.02. The number of nitrogens with zero attached hydrogens (tertiary/aromatic N) is 2. The van der Waals surface area contributed by atoms with Crippen molar-refractivity contribution >= 4 is 57.3 Å². The van der Waals surface area contributed by atoms with Crippen molar-refractivity contribution in [2.24, 2.45) is 5.73 Å². The van der Waals surface area contributed by atoms with E-state index in [9.17, 15) is 14.4 Å². The molecule has 2 amide bonds. The van der Waals surface area contributed by atoms with Crippen LogP contribution in [0.5, 0.6) is 5.75 Å². The molecule has 0 fully saturated rings. The van der Waals surface area contributed by atoms with Crippen LogP contribution in [0.3, 0.4) is 0 Å². The molecule has 3 N–H and O–H groups in total. The van der Waals surface area contributed by atoms with Crippen LogP contribution in [0.4, 0.5) is 5.00 Å². The third kappa shape index (κ3) is 4.98. The highest BCUT2D eigenvalue weighted by molar-refractivity contribution is 7.18. The van der Waals surface area contributed by atoms with Gasteiger partial charge in [-0.15, -0.1) is 11.3 Å². The average molecular weight is 483 g/mol. The number of nitrogens with two attached hydrogens (primary N) is 1. The molecule has 0 aliphatic heterocycles. The van der Waals surface area contributed by atoms with Gasteiger partial charge in [-0.05, 0) is 36.8 Å². The van der Waals surface area contributed by atoms with E-state index in [1.165, 1.54) is 24.1 Å². The molecule has 0 spiro atoms. The number of anilines is 1. The molecule has 0 aliphatic carbocycles. The molecule has 0 aliphatic rings. The number of hydrogen-bond donors (Lipinski definition) is 2. The number of rotatable bonds is 7. The first kappa shape index (κ1) is 22.6. The van der Waals surface area contributed by atoms with E-state index in [0.717, 1.165) is 11.3 Å². The van der Waals surface area contributed by atoms with Crippen LogP contribution in [0, 0.1) is 6.92 Å². The van der Waals surface area contributed by atoms with Gasteiger partial charge >= 0.3 is 5.97 Å². The molecule has 1 aromatic carbocycles. The van der Waals surface area contributed by atoms with E-state index in [-0.39, 0.29) is 27.9 Å². The van der Waals surface area contributed by atoms with Gasteiger partial charge in [-0.3, -0.25) is 9.59 Å². The van der Waals surface area contributed by atoms with Crippen LogP contribution >= 0.6 is 34.5 Å². The molecule has 3 rings (SSSR count). The Kier molecular flexibility index (Phi) is 6.84. The fraction of sp³-hybridized carbons (Fsp3) is 0.158. The van der Waals surface area contributed by atoms with Gasteiger partial charge in [0, 0.05) is 11.2 Å². The van der Waals surface area contributed by atoms with Crippen molar-refractivity contribution in [2.75, 3.05) is 12.4 Å². The highest BCUT2D eigenvalue weighted by atomic mass is 35.5. The van der Waals surface area contributed by atoms with Crippen LogP contribution in [-0.2, 0) is 11.5 Å². The monoisotopic (exact) mass is 482 g/mol. The maximum absolute atomic E-state index is 12.6. The molecular weight excluding hydrogens is 467 g/mol. The van der Waals surface area contributed by atoms with E-state index in [0.29, 0.717) is 21.4 Å². The number of methoxy groups -OCH3 is 1. The average Bonchev–Trinajstić information content (AvgIpc) is 3.31. The summed E-state index contributed by atoms with van der Waals surface area (Å²) >= 11 is 12.8. The number of aromatic nitrogens is 2. The van der Waals surface area contributed by atoms with Crippen LogP contribution < -0.4 is 15.8 Å². The zero-order chi connectivity index (χ0) is 22.7. The summed E-state index contributed by atoms with van der Waals surface area (Å²) in [4.78, 5) is 36.5. The maximum Gasteiger partial charge on any atom is 0.341 e. The number of esters is 1. The highest BCUT2D eigenvalue weighted by Gasteiger charge is 2.26. The molecule has 9 nitrogen and oxygen atoms in total. The van der Waals surface area contributed by atoms with E-state index in [4.69, 9.17) is 38.4 Å². The van der Waals surface area contributed by atoms with Crippen molar-refractivity contribution in [3.63, 3.8) is 0 Å². The summed E-state index contributed by atoms with van der Waals surface area (Å²) in [5.74, 6) is -1.60. The lowest BCUT2D eigenvalue weighted by atomic mass is 10.1. The van der Waals surface area contributed by atoms with Gasteiger partial charge in [-0.2, -0.15) is 5.10 Å². The third-order valence-electron chi connectivity index (χ3n) is 4.11. The normalized spacial score (nSPS) is 10.6. The summed E-state index contributed by atoms with van der Waals surface area (Å²) in [6, 6.07) is 6.26. The minimum absolute atomic E-state index is 0.00796. The largest absolute Gasteiger partial charge is 0.470 e. The molecule has 0 saturated carbocycles. The lowest BCUT2D eigenvalue weighted by Gasteiger charge is -2.08. The fourth-order valence-corrected chi connectivity index (χ4v) is 4.14. The topological polar surface area (TPSA) is 126 Å². The fourth-order valence-electron chi connectivity index (χ4n) is 2.63. The number of benzene rings is 1. The van der Waals surface area contributed by atoms with Crippen molar-refractivity contribution in [1.29, 1.82) is 0 Å². The highest BCUT2D eigenvalue weighted by Crippen LogP contribution is 2.33. The number of halogens is 2. The number of hydrogen-bond acceptors (Lipinski definition) is 7. The number of ether oxygens (including phenoxy) is 2. The number of primary amides is 1. The lowest BCUT2D eigenvalue weighted by molar-refractivity contribution is 0.0601. The summed E-state index contributed by atoms with van der Waals surface area (Å²) in [5, 5.41) is 7.67. The molecule has 3 aromatic rings. The Morgan fingerprint density at radius 2 is 2.00 bits per heavy atom. The second kappa shape index (κ2) is 9.38. The summed E-state index contributed by atoms with van der Waals surface area (Å²) in [6.07, 6.45) is 1.54. The number of carbonyl (C=O) groups excluding carboxylic acids is 3. The number of amides is 2. The quantitative estimate of drug-likeness (QED) is 0.494. The zero-order valence-electron chi connectivity index (χ0n) is 16.3. The minimum Gasteiger partial charge on any atom is -0.470 e. The Labute approximate surface area is 190 Å². The van der Waals surface area contributed by atoms with E-state index in [1.807, 2.05) is 0 Å². The Balaban J connectivity index is 1.75. The molecule has 0 unspecified atom stereocenters. The smallest absolute Gasteiger partial charge is 0.341 e. The SMILES string of the molecule is COC(=O)c1c(NC(=O)c2ccn(COc3ccc(Cl)cc3Cl)n2)sc(C(N)=O)c1C. The van der Waals surface area contributed by atoms with E-state index in [2.05, 4.69) is 10.4 Å². The summed E-state index contributed by atoms with van der Waals surface area (Å²) < 4.78 is 11.7. The van der Waals surface area contributed by atoms with Gasteiger partial charge in [-0.1, -0.05) is 23.2 Å². The second-order valence-electron chi connectivity index (χ2n) is 6.16. The molecule has 0 saturated heterocycles. The van der Waals surface area contributed by atoms with Crippen molar-refractivity contribution in [3.8, 4) is 5.75 Å². The summed E-state index contributed by atoms with van der Waals surface area (Å²) in [5.41, 5.74) is 5.80. The van der Waals surface area contributed by atoms with Gasteiger partial charge in [-0.25, -0.2) is 9.48 Å². The van der Waals surface area contributed by atoms with Gasteiger partial charge in [0.1, 0.15) is 10.8 Å². The molecule has 2 heterocycles. The van der Waals surface area contributed by atoms with Crippen LogP contribution in [0.15, 0.2) is 30.5 Å². The van der Waals surface area contributed by atoms with E-state index >= 15 is 0 Å². The minimum atomic E-state index is -0.713. The summed E-state index contributed by atoms with van der Waals surface area (Å²) in [7, 11) is 1.20. The molecule has 0 bridgehead atoms. The van der Waals surface area contributed by atoms with Crippen LogP contribution in [-0.4, -0.2) is 34.7 Å². The number of thiophene rings is 1. The Bertz CT molecular complexity index is 1170. The summed E-state index contributed by atoms with van der Waals surface area (Å²) in [6.45, 7) is 1.54. The lowest BCUT2D eigenvalue weighted by Crippen LogP contribution is -2.16. The predicted molar refractivity (Wildman–Crippen MR) is 116 cm³/mol. The van der Waals surface area contributed by atoms with Gasteiger partial charge in [0.05, 0.1) is 22.6 Å². The van der Waals surface area contributed by atoms with Crippen LogP contribution in [0.25, 0.3) is 0 Å². The first-order chi connectivity index (χ1) is 14.7. The number of nitrogens with one attached hydrogen (secondary N) is 1. The van der Waals surface area contributed by atoms with Gasteiger partial charge < -0.3 is 20.5 Å². The maximum atomic E-state index is 12.6. The Hall–Kier alpha value is -3.08. The molecular formula is C19H16Cl2N4O5S. The van der Waals surface area contributed by atoms with Gasteiger partial charge in [0.15, 0.2) is 12.4 Å². The molecule has 12 heteroatoms. The third-order valence-corrected chi connectivity index (χ3v) is 5.86. The van der Waals surface area contributed by atoms with E-state index < -0.39 is 17.8 Å². The van der Waals surface area contributed by atoms with Crippen molar-refractivity contribution in [1.82, 2.24) is 9.78 Å². The Morgan fingerprint density at radius 1 is 1.26 bits per heavy atom. The van der Waals surface area contributed by atoms with Gasteiger partial charge in [0.2, 0.25) is 0 Å². The van der Waals surface area contributed by atoms with Crippen molar-refractivity contribution < 1.29 is 23.9 Å². The molecule has 0 atom stereocenters. The first-order valence-corrected chi connectivity index (χ1v) is 10.2. The van der Waals surface area contributed by atoms with Crippen LogP contribution in [0.1, 0.15) is 36.1 Å². The number of carbonyl (C=O) groups is 3. The predicted octanol–water partition coefficient (Wildman–Crippen LogP) is 3.73. The van der Waals surface area contributed by atoms with Gasteiger partial charge in [0.25, 0.3) is 11.8 Å². The zero-order valence-corrected chi connectivity index (χ0v) is 18.6. The first-order valence-electron chi connectivity index (χ1n) is 8.65. The van der Waals surface area contributed by atoms with Crippen molar-refractivity contribution in [2.45, 2.75) is 13.7 Å². The molecule has 162 valence electrons. The van der Waals surface area contributed by atoms with Crippen LogP contribution in [0.2, 0.25) is 10.0 Å². The van der Waals surface area contributed by atoms with E-state index in [1.54, 1.807) is 25.1 Å². The van der Waals surface area contributed by atoms with Crippen molar-refractivity contribution in [3.05, 3.63) is 62.2 Å². The molecule has 2 aromatic heterocycles.